The predicted molar refractivity (Wildman–Crippen MR) is 83.7 cm³/mol. The summed E-state index contributed by atoms with van der Waals surface area (Å²) < 4.78 is 19.0. The molecule has 0 spiro atoms. The van der Waals surface area contributed by atoms with E-state index in [-0.39, 0.29) is 22.7 Å². The van der Waals surface area contributed by atoms with E-state index in [1.54, 1.807) is 19.1 Å². The molecule has 1 aromatic rings. The van der Waals surface area contributed by atoms with Gasteiger partial charge in [-0.15, -0.1) is 0 Å². The zero-order valence-corrected chi connectivity index (χ0v) is 13.6. The maximum atomic E-state index is 14.0. The highest BCUT2D eigenvalue weighted by Crippen LogP contribution is 2.26. The number of methoxy groups -OCH3 is 1. The SMILES string of the molecule is COCCN(C)C(=O)[C@@H]1CCCN(c2ncc(Cl)cc2F)C1. The minimum atomic E-state index is -0.451. The number of carbonyl (C=O) groups is 1. The molecule has 1 aliphatic rings. The van der Waals surface area contributed by atoms with Gasteiger partial charge >= 0.3 is 0 Å². The van der Waals surface area contributed by atoms with Gasteiger partial charge in [0, 0.05) is 40.0 Å². The standard InChI is InChI=1S/C15H21ClFN3O2/c1-19(6-7-22-2)15(21)11-4-3-5-20(10-11)14-13(17)8-12(16)9-18-14/h8-9,11H,3-7,10H2,1-2H3/t11-/m1/s1. The van der Waals surface area contributed by atoms with Gasteiger partial charge in [-0.05, 0) is 18.9 Å². The van der Waals surface area contributed by atoms with Crippen LogP contribution in [-0.4, -0.2) is 56.2 Å². The first kappa shape index (κ1) is 17.0. The molecule has 5 nitrogen and oxygen atoms in total. The van der Waals surface area contributed by atoms with Gasteiger partial charge in [0.25, 0.3) is 0 Å². The normalized spacial score (nSPS) is 18.4. The van der Waals surface area contributed by atoms with Gasteiger partial charge in [-0.2, -0.15) is 0 Å². The minimum Gasteiger partial charge on any atom is -0.383 e. The average molecular weight is 330 g/mol. The van der Waals surface area contributed by atoms with Crippen LogP contribution in [0, 0.1) is 11.7 Å². The second-order valence-corrected chi connectivity index (χ2v) is 5.93. The number of anilines is 1. The molecule has 0 radical (unpaired) electrons. The largest absolute Gasteiger partial charge is 0.383 e. The van der Waals surface area contributed by atoms with Crippen molar-refractivity contribution in [2.75, 3.05) is 45.3 Å². The number of hydrogen-bond donors (Lipinski definition) is 0. The maximum absolute atomic E-state index is 14.0. The summed E-state index contributed by atoms with van der Waals surface area (Å²) in [6, 6.07) is 1.25. The molecule has 122 valence electrons. The second-order valence-electron chi connectivity index (χ2n) is 5.50. The van der Waals surface area contributed by atoms with Gasteiger partial charge in [-0.1, -0.05) is 11.6 Å². The Morgan fingerprint density at radius 2 is 2.41 bits per heavy atom. The molecular formula is C15H21ClFN3O2. The lowest BCUT2D eigenvalue weighted by atomic mass is 9.96. The Hall–Kier alpha value is -1.40. The number of hydrogen-bond acceptors (Lipinski definition) is 4. The van der Waals surface area contributed by atoms with Crippen molar-refractivity contribution >= 4 is 23.3 Å². The third-order valence-corrected chi connectivity index (χ3v) is 4.07. The van der Waals surface area contributed by atoms with Gasteiger partial charge in [-0.3, -0.25) is 4.79 Å². The molecule has 2 rings (SSSR count). The summed E-state index contributed by atoms with van der Waals surface area (Å²) in [6.45, 7) is 2.23. The highest BCUT2D eigenvalue weighted by atomic mass is 35.5. The quantitative estimate of drug-likeness (QED) is 0.831. The molecule has 0 N–H and O–H groups in total. The third-order valence-electron chi connectivity index (χ3n) is 3.87. The number of pyridine rings is 1. The first-order valence-electron chi connectivity index (χ1n) is 7.33. The fourth-order valence-electron chi connectivity index (χ4n) is 2.66. The summed E-state index contributed by atoms with van der Waals surface area (Å²) in [5.41, 5.74) is 0. The van der Waals surface area contributed by atoms with E-state index in [0.717, 1.165) is 12.8 Å². The lowest BCUT2D eigenvalue weighted by Gasteiger charge is -2.34. The lowest BCUT2D eigenvalue weighted by Crippen LogP contribution is -2.45. The van der Waals surface area contributed by atoms with Crippen molar-refractivity contribution in [1.82, 2.24) is 9.88 Å². The Labute approximate surface area is 135 Å². The monoisotopic (exact) mass is 329 g/mol. The highest BCUT2D eigenvalue weighted by Gasteiger charge is 2.29. The fraction of sp³-hybridized carbons (Fsp3) is 0.600. The number of aromatic nitrogens is 1. The molecule has 1 saturated heterocycles. The van der Waals surface area contributed by atoms with E-state index in [4.69, 9.17) is 16.3 Å². The number of ether oxygens (including phenoxy) is 1. The number of likely N-dealkylation sites (N-methyl/N-ethyl adjacent to an activating group) is 1. The van der Waals surface area contributed by atoms with E-state index >= 15 is 0 Å². The van der Waals surface area contributed by atoms with Gasteiger partial charge in [0.05, 0.1) is 17.5 Å². The van der Waals surface area contributed by atoms with Gasteiger partial charge in [-0.25, -0.2) is 9.37 Å². The summed E-state index contributed by atoms with van der Waals surface area (Å²) in [7, 11) is 3.37. The topological polar surface area (TPSA) is 45.7 Å². The third kappa shape index (κ3) is 4.08. The van der Waals surface area contributed by atoms with E-state index < -0.39 is 5.82 Å². The Morgan fingerprint density at radius 1 is 1.64 bits per heavy atom. The lowest BCUT2D eigenvalue weighted by molar-refractivity contribution is -0.135. The van der Waals surface area contributed by atoms with Crippen LogP contribution in [0.3, 0.4) is 0 Å². The Bertz CT molecular complexity index is 530. The van der Waals surface area contributed by atoms with Crippen LogP contribution in [0.15, 0.2) is 12.3 Å². The van der Waals surface area contributed by atoms with Crippen LogP contribution >= 0.6 is 11.6 Å². The van der Waals surface area contributed by atoms with Crippen LogP contribution in [0.25, 0.3) is 0 Å². The zero-order chi connectivity index (χ0) is 16.1. The van der Waals surface area contributed by atoms with Crippen LogP contribution < -0.4 is 4.90 Å². The first-order valence-corrected chi connectivity index (χ1v) is 7.70. The van der Waals surface area contributed by atoms with Crippen molar-refractivity contribution in [3.8, 4) is 0 Å². The number of piperidine rings is 1. The minimum absolute atomic E-state index is 0.0659. The van der Waals surface area contributed by atoms with Gasteiger partial charge in [0.2, 0.25) is 5.91 Å². The number of nitrogens with zero attached hydrogens (tertiary/aromatic N) is 3. The molecule has 1 aromatic heterocycles. The summed E-state index contributed by atoms with van der Waals surface area (Å²) in [4.78, 5) is 20.0. The average Bonchev–Trinajstić information content (AvgIpc) is 2.52. The summed E-state index contributed by atoms with van der Waals surface area (Å²) in [5, 5.41) is 0.269. The molecule has 7 heteroatoms. The number of carbonyl (C=O) groups excluding carboxylic acids is 1. The van der Waals surface area contributed by atoms with Crippen molar-refractivity contribution in [3.05, 3.63) is 23.1 Å². The summed E-state index contributed by atoms with van der Waals surface area (Å²) >= 11 is 5.73. The van der Waals surface area contributed by atoms with Crippen LogP contribution in [0.4, 0.5) is 10.2 Å². The van der Waals surface area contributed by atoms with E-state index in [9.17, 15) is 9.18 Å². The van der Waals surface area contributed by atoms with E-state index in [1.807, 2.05) is 4.90 Å². The van der Waals surface area contributed by atoms with Gasteiger partial charge in [0.15, 0.2) is 11.6 Å². The molecule has 1 atom stereocenters. The van der Waals surface area contributed by atoms with Crippen LogP contribution in [0.2, 0.25) is 5.02 Å². The fourth-order valence-corrected chi connectivity index (χ4v) is 2.81. The molecule has 1 amide bonds. The molecule has 2 heterocycles. The summed E-state index contributed by atoms with van der Waals surface area (Å²) in [5.74, 6) is -0.265. The van der Waals surface area contributed by atoms with Crippen LogP contribution in [-0.2, 0) is 9.53 Å². The molecule has 1 aliphatic heterocycles. The van der Waals surface area contributed by atoms with Crippen molar-refractivity contribution in [1.29, 1.82) is 0 Å². The van der Waals surface area contributed by atoms with E-state index in [2.05, 4.69) is 4.98 Å². The highest BCUT2D eigenvalue weighted by molar-refractivity contribution is 6.30. The maximum Gasteiger partial charge on any atom is 0.227 e. The molecule has 1 fully saturated rings. The summed E-state index contributed by atoms with van der Waals surface area (Å²) in [6.07, 6.45) is 3.07. The molecule has 0 unspecified atom stereocenters. The molecule has 0 bridgehead atoms. The van der Waals surface area contributed by atoms with Gasteiger partial charge in [0.1, 0.15) is 0 Å². The Morgan fingerprint density at radius 3 is 3.09 bits per heavy atom. The number of halogens is 2. The van der Waals surface area contributed by atoms with Crippen molar-refractivity contribution in [2.24, 2.45) is 5.92 Å². The van der Waals surface area contributed by atoms with Crippen LogP contribution in [0.1, 0.15) is 12.8 Å². The van der Waals surface area contributed by atoms with Crippen molar-refractivity contribution in [2.45, 2.75) is 12.8 Å². The van der Waals surface area contributed by atoms with Gasteiger partial charge < -0.3 is 14.5 Å². The van der Waals surface area contributed by atoms with E-state index in [1.165, 1.54) is 12.3 Å². The number of rotatable bonds is 5. The first-order chi connectivity index (χ1) is 10.5. The Balaban J connectivity index is 2.03. The van der Waals surface area contributed by atoms with Crippen molar-refractivity contribution < 1.29 is 13.9 Å². The second kappa shape index (κ2) is 7.74. The number of amides is 1. The Kier molecular flexibility index (Phi) is 5.97. The predicted octanol–water partition coefficient (Wildman–Crippen LogP) is 2.20. The molecule has 0 aromatic carbocycles. The van der Waals surface area contributed by atoms with Crippen LogP contribution in [0.5, 0.6) is 0 Å². The smallest absolute Gasteiger partial charge is 0.227 e. The van der Waals surface area contributed by atoms with E-state index in [0.29, 0.717) is 26.2 Å². The molecule has 22 heavy (non-hydrogen) atoms. The molecular weight excluding hydrogens is 309 g/mol. The molecule has 0 saturated carbocycles. The van der Waals surface area contributed by atoms with Crippen molar-refractivity contribution in [3.63, 3.8) is 0 Å². The molecule has 0 aliphatic carbocycles. The zero-order valence-electron chi connectivity index (χ0n) is 12.9.